The predicted molar refractivity (Wildman–Crippen MR) is 101 cm³/mol. The van der Waals surface area contributed by atoms with Gasteiger partial charge in [0.2, 0.25) is 5.78 Å². The van der Waals surface area contributed by atoms with Crippen LogP contribution in [0, 0.1) is 17.8 Å². The Labute approximate surface area is 165 Å². The summed E-state index contributed by atoms with van der Waals surface area (Å²) in [5, 5.41) is 18.8. The van der Waals surface area contributed by atoms with Crippen LogP contribution in [0.25, 0.3) is 0 Å². The van der Waals surface area contributed by atoms with Crippen molar-refractivity contribution in [3.05, 3.63) is 0 Å². The third-order valence-corrected chi connectivity index (χ3v) is 5.91. The van der Waals surface area contributed by atoms with Crippen molar-refractivity contribution in [2.75, 3.05) is 0 Å². The highest BCUT2D eigenvalue weighted by atomic mass is 19.3. The molecule has 0 aromatic carbocycles. The van der Waals surface area contributed by atoms with Crippen LogP contribution in [0.3, 0.4) is 0 Å². The van der Waals surface area contributed by atoms with E-state index in [0.29, 0.717) is 19.3 Å². The second kappa shape index (κ2) is 11.6. The minimum absolute atomic E-state index is 0.0190. The van der Waals surface area contributed by atoms with Crippen LogP contribution in [0.2, 0.25) is 0 Å². The third-order valence-electron chi connectivity index (χ3n) is 5.91. The summed E-state index contributed by atoms with van der Waals surface area (Å²) in [6.45, 7) is 3.17. The number of hydrogen-bond donors (Lipinski definition) is 2. The van der Waals surface area contributed by atoms with E-state index >= 15 is 0 Å². The lowest BCUT2D eigenvalue weighted by molar-refractivity contribution is -0.151. The number of carbonyl (C=O) groups is 3. The molecule has 162 valence electrons. The Bertz CT molecular complexity index is 535. The zero-order valence-corrected chi connectivity index (χ0v) is 17.0. The van der Waals surface area contributed by atoms with Crippen LogP contribution >= 0.6 is 0 Å². The molecule has 4 atom stereocenters. The second-order valence-electron chi connectivity index (χ2n) is 8.13. The first-order valence-corrected chi connectivity index (χ1v) is 10.4. The summed E-state index contributed by atoms with van der Waals surface area (Å²) in [4.78, 5) is 34.7. The fourth-order valence-electron chi connectivity index (χ4n) is 4.13. The molecule has 0 aliphatic heterocycles. The van der Waals surface area contributed by atoms with Crippen LogP contribution in [-0.2, 0) is 14.4 Å². The molecule has 1 aliphatic rings. The topological polar surface area (TPSA) is 91.7 Å². The Hall–Kier alpha value is -1.37. The van der Waals surface area contributed by atoms with Gasteiger partial charge in [0, 0.05) is 31.1 Å². The van der Waals surface area contributed by atoms with E-state index in [0.717, 1.165) is 19.3 Å². The summed E-state index contributed by atoms with van der Waals surface area (Å²) in [7, 11) is 0. The molecule has 1 rings (SSSR count). The number of aliphatic hydroxyl groups excluding tert-OH is 1. The number of carboxylic acids is 1. The average molecular weight is 404 g/mol. The number of halogens is 2. The molecule has 0 bridgehead atoms. The summed E-state index contributed by atoms with van der Waals surface area (Å²) in [6.07, 6.45) is 3.27. The highest BCUT2D eigenvalue weighted by molar-refractivity contribution is 5.86. The smallest absolute Gasteiger partial charge is 0.307 e. The number of carboxylic acid groups (broad SMARTS) is 1. The Balaban J connectivity index is 2.51. The van der Waals surface area contributed by atoms with Crippen LogP contribution in [-0.4, -0.2) is 39.8 Å². The Kier molecular flexibility index (Phi) is 10.2. The third kappa shape index (κ3) is 7.22. The van der Waals surface area contributed by atoms with Crippen molar-refractivity contribution >= 4 is 17.5 Å². The van der Waals surface area contributed by atoms with Crippen molar-refractivity contribution in [3.8, 4) is 0 Å². The Morgan fingerprint density at radius 3 is 2.39 bits per heavy atom. The minimum Gasteiger partial charge on any atom is -0.481 e. The lowest BCUT2D eigenvalue weighted by atomic mass is 9.84. The van der Waals surface area contributed by atoms with Gasteiger partial charge < -0.3 is 10.2 Å². The van der Waals surface area contributed by atoms with Crippen molar-refractivity contribution in [1.29, 1.82) is 0 Å². The molecule has 0 spiro atoms. The van der Waals surface area contributed by atoms with Gasteiger partial charge in [-0.15, -0.1) is 0 Å². The minimum atomic E-state index is -3.37. The molecule has 1 unspecified atom stereocenters. The molecule has 28 heavy (non-hydrogen) atoms. The number of hydrogen-bond acceptors (Lipinski definition) is 4. The molecular formula is C21H34F2O5. The van der Waals surface area contributed by atoms with Crippen LogP contribution in [0.15, 0.2) is 0 Å². The second-order valence-corrected chi connectivity index (χ2v) is 8.13. The van der Waals surface area contributed by atoms with Gasteiger partial charge in [0.15, 0.2) is 0 Å². The molecule has 0 saturated heterocycles. The van der Waals surface area contributed by atoms with E-state index in [1.54, 1.807) is 6.92 Å². The molecule has 1 fully saturated rings. The molecule has 2 N–H and O–H groups in total. The number of aliphatic carboxylic acids is 1. The lowest BCUT2D eigenvalue weighted by Crippen LogP contribution is -2.36. The fourth-order valence-corrected chi connectivity index (χ4v) is 4.13. The van der Waals surface area contributed by atoms with Crippen molar-refractivity contribution < 1.29 is 33.4 Å². The van der Waals surface area contributed by atoms with Crippen LogP contribution in [0.4, 0.5) is 8.78 Å². The number of unbranched alkanes of at least 4 members (excludes halogenated alkanes) is 3. The zero-order chi connectivity index (χ0) is 21.3. The van der Waals surface area contributed by atoms with Crippen molar-refractivity contribution in [2.24, 2.45) is 17.8 Å². The van der Waals surface area contributed by atoms with E-state index in [-0.39, 0.29) is 37.9 Å². The molecule has 0 amide bonds. The molecule has 5 nitrogen and oxygen atoms in total. The molecule has 1 aliphatic carbocycles. The van der Waals surface area contributed by atoms with Gasteiger partial charge in [0.05, 0.1) is 6.10 Å². The lowest BCUT2D eigenvalue weighted by Gasteiger charge is -2.24. The molecule has 7 heteroatoms. The number of alkyl halides is 2. The van der Waals surface area contributed by atoms with Crippen molar-refractivity contribution in [3.63, 3.8) is 0 Å². The van der Waals surface area contributed by atoms with E-state index in [9.17, 15) is 28.3 Å². The van der Waals surface area contributed by atoms with Gasteiger partial charge in [-0.3, -0.25) is 14.4 Å². The van der Waals surface area contributed by atoms with E-state index in [4.69, 9.17) is 5.11 Å². The largest absolute Gasteiger partial charge is 0.481 e. The van der Waals surface area contributed by atoms with Gasteiger partial charge in [-0.05, 0) is 31.6 Å². The number of Topliss-reactive ketones (excluding diaryl/α,β-unsaturated/α-hetero) is 2. The maximum Gasteiger partial charge on any atom is 0.307 e. The van der Waals surface area contributed by atoms with Gasteiger partial charge in [0.1, 0.15) is 5.78 Å². The number of ketones is 2. The highest BCUT2D eigenvalue weighted by Gasteiger charge is 2.45. The number of rotatable bonds is 14. The van der Waals surface area contributed by atoms with Gasteiger partial charge in [-0.2, -0.15) is 8.78 Å². The van der Waals surface area contributed by atoms with E-state index in [1.165, 1.54) is 6.92 Å². The predicted octanol–water partition coefficient (Wildman–Crippen LogP) is 4.40. The summed E-state index contributed by atoms with van der Waals surface area (Å²) < 4.78 is 28.4. The summed E-state index contributed by atoms with van der Waals surface area (Å²) in [5.41, 5.74) is 0. The first-order valence-electron chi connectivity index (χ1n) is 10.4. The fraction of sp³-hybridized carbons (Fsp3) is 0.857. The van der Waals surface area contributed by atoms with E-state index in [1.807, 2.05) is 0 Å². The van der Waals surface area contributed by atoms with Crippen LogP contribution in [0.1, 0.15) is 84.5 Å². The summed E-state index contributed by atoms with van der Waals surface area (Å²) in [6, 6.07) is 0. The summed E-state index contributed by atoms with van der Waals surface area (Å²) >= 11 is 0. The van der Waals surface area contributed by atoms with Crippen molar-refractivity contribution in [1.82, 2.24) is 0 Å². The summed E-state index contributed by atoms with van der Waals surface area (Å²) in [5.74, 6) is -7.24. The first-order chi connectivity index (χ1) is 13.1. The molecule has 0 heterocycles. The van der Waals surface area contributed by atoms with Gasteiger partial charge in [0.25, 0.3) is 0 Å². The first kappa shape index (κ1) is 24.7. The molecule has 0 aromatic heterocycles. The molecule has 0 radical (unpaired) electrons. The van der Waals surface area contributed by atoms with Gasteiger partial charge in [-0.25, -0.2) is 0 Å². The number of aliphatic hydroxyl groups is 1. The van der Waals surface area contributed by atoms with E-state index in [2.05, 4.69) is 0 Å². The van der Waals surface area contributed by atoms with Gasteiger partial charge in [-0.1, -0.05) is 39.5 Å². The Morgan fingerprint density at radius 2 is 1.79 bits per heavy atom. The Morgan fingerprint density at radius 1 is 1.14 bits per heavy atom. The van der Waals surface area contributed by atoms with Gasteiger partial charge >= 0.3 is 11.9 Å². The van der Waals surface area contributed by atoms with Crippen LogP contribution in [0.5, 0.6) is 0 Å². The standard InChI is InChI=1S/C21H34F2O5/c1-3-8-14(2)21(22,23)19(26)12-11-16-15(17(24)13-18(16)25)9-6-4-5-7-10-20(27)28/h14-16,18,25H,3-13H2,1-2H3,(H,27,28)/t14?,15-,16-,18-/m1/s1. The average Bonchev–Trinajstić information content (AvgIpc) is 2.88. The molecular weight excluding hydrogens is 370 g/mol. The molecule has 1 saturated carbocycles. The maximum absolute atomic E-state index is 14.2. The zero-order valence-electron chi connectivity index (χ0n) is 17.0. The number of carbonyl (C=O) groups excluding carboxylic acids is 2. The molecule has 0 aromatic rings. The van der Waals surface area contributed by atoms with E-state index < -0.39 is 41.5 Å². The highest BCUT2D eigenvalue weighted by Crippen LogP contribution is 2.38. The monoisotopic (exact) mass is 404 g/mol. The quantitative estimate of drug-likeness (QED) is 0.419. The van der Waals surface area contributed by atoms with Crippen LogP contribution < -0.4 is 0 Å². The maximum atomic E-state index is 14.2. The van der Waals surface area contributed by atoms with Crippen molar-refractivity contribution in [2.45, 2.75) is 96.5 Å². The SMILES string of the molecule is CCCC(C)C(F)(F)C(=O)CC[C@H]1[C@H](O)CC(=O)[C@@H]1CCCCCCC(=O)O. The normalized spacial score (nSPS) is 23.8.